The van der Waals surface area contributed by atoms with E-state index in [1.54, 1.807) is 13.2 Å². The van der Waals surface area contributed by atoms with E-state index in [-0.39, 0.29) is 11.8 Å². The van der Waals surface area contributed by atoms with Gasteiger partial charge in [-0.2, -0.15) is 0 Å². The number of ether oxygens (including phenoxy) is 1. The lowest BCUT2D eigenvalue weighted by Gasteiger charge is -2.20. The zero-order chi connectivity index (χ0) is 11.5. The summed E-state index contributed by atoms with van der Waals surface area (Å²) in [6.07, 6.45) is 4.86. The second-order valence-corrected chi connectivity index (χ2v) is 4.50. The first-order valence-corrected chi connectivity index (χ1v) is 5.85. The van der Waals surface area contributed by atoms with Gasteiger partial charge in [0.2, 0.25) is 0 Å². The van der Waals surface area contributed by atoms with E-state index >= 15 is 0 Å². The maximum atomic E-state index is 9.89. The first kappa shape index (κ1) is 11.3. The zero-order valence-corrected chi connectivity index (χ0v) is 9.65. The van der Waals surface area contributed by atoms with Crippen molar-refractivity contribution >= 4 is 0 Å². The molecule has 0 aliphatic heterocycles. The predicted molar refractivity (Wildman–Crippen MR) is 63.5 cm³/mol. The first-order chi connectivity index (χ1) is 7.72. The number of aromatic hydroxyl groups is 1. The van der Waals surface area contributed by atoms with Crippen LogP contribution in [0, 0.1) is 5.92 Å². The van der Waals surface area contributed by atoms with Gasteiger partial charge in [0.15, 0.2) is 0 Å². The number of rotatable bonds is 3. The largest absolute Gasteiger partial charge is 0.507 e. The number of methoxy groups -OCH3 is 1. The number of phenolic OH excluding ortho intramolecular Hbond substituents is 1. The number of phenols is 1. The summed E-state index contributed by atoms with van der Waals surface area (Å²) in [4.78, 5) is 0. The van der Waals surface area contributed by atoms with E-state index in [0.29, 0.717) is 11.7 Å². The number of hydrogen-bond donors (Lipinski definition) is 2. The molecule has 0 unspecified atom stereocenters. The number of hydrogen-bond acceptors (Lipinski definition) is 3. The molecule has 16 heavy (non-hydrogen) atoms. The van der Waals surface area contributed by atoms with E-state index in [9.17, 15) is 5.11 Å². The van der Waals surface area contributed by atoms with Crippen LogP contribution in [0.25, 0.3) is 0 Å². The van der Waals surface area contributed by atoms with E-state index < -0.39 is 0 Å². The molecule has 88 valence electrons. The molecule has 1 saturated carbocycles. The molecule has 0 bridgehead atoms. The standard InChI is InChI=1S/C13H19NO2/c1-16-10-6-7-11(12(15)8-10)13(14)9-4-2-3-5-9/h6-9,13,15H,2-5,14H2,1H3/t13-/m1/s1. The van der Waals surface area contributed by atoms with Crippen molar-refractivity contribution in [3.05, 3.63) is 23.8 Å². The highest BCUT2D eigenvalue weighted by molar-refractivity contribution is 5.41. The van der Waals surface area contributed by atoms with E-state index in [2.05, 4.69) is 0 Å². The van der Waals surface area contributed by atoms with Crippen molar-refractivity contribution in [1.82, 2.24) is 0 Å². The molecule has 1 aliphatic rings. The van der Waals surface area contributed by atoms with Crippen molar-refractivity contribution in [2.75, 3.05) is 7.11 Å². The highest BCUT2D eigenvalue weighted by Crippen LogP contribution is 2.38. The average molecular weight is 221 g/mol. The molecule has 0 radical (unpaired) electrons. The fraction of sp³-hybridized carbons (Fsp3) is 0.538. The fourth-order valence-electron chi connectivity index (χ4n) is 2.50. The zero-order valence-electron chi connectivity index (χ0n) is 9.65. The van der Waals surface area contributed by atoms with E-state index in [1.165, 1.54) is 25.7 Å². The SMILES string of the molecule is COc1ccc([C@H](N)C2CCCC2)c(O)c1. The molecule has 0 aromatic heterocycles. The summed E-state index contributed by atoms with van der Waals surface area (Å²) in [7, 11) is 1.59. The minimum Gasteiger partial charge on any atom is -0.507 e. The molecule has 3 N–H and O–H groups in total. The van der Waals surface area contributed by atoms with Gasteiger partial charge in [0, 0.05) is 17.7 Å². The Morgan fingerprint density at radius 3 is 2.62 bits per heavy atom. The van der Waals surface area contributed by atoms with Gasteiger partial charge < -0.3 is 15.6 Å². The lowest BCUT2D eigenvalue weighted by atomic mass is 9.92. The van der Waals surface area contributed by atoms with E-state index in [4.69, 9.17) is 10.5 Å². The van der Waals surface area contributed by atoms with Gasteiger partial charge in [0.25, 0.3) is 0 Å². The summed E-state index contributed by atoms with van der Waals surface area (Å²) in [5, 5.41) is 9.89. The monoisotopic (exact) mass is 221 g/mol. The van der Waals surface area contributed by atoms with Gasteiger partial charge in [-0.25, -0.2) is 0 Å². The molecular formula is C13H19NO2. The van der Waals surface area contributed by atoms with Gasteiger partial charge in [-0.05, 0) is 24.8 Å². The topological polar surface area (TPSA) is 55.5 Å². The quantitative estimate of drug-likeness (QED) is 0.824. The Labute approximate surface area is 96.2 Å². The van der Waals surface area contributed by atoms with Crippen LogP contribution in [0.2, 0.25) is 0 Å². The third-order valence-electron chi connectivity index (χ3n) is 3.50. The third kappa shape index (κ3) is 2.14. The summed E-state index contributed by atoms with van der Waals surface area (Å²) in [6, 6.07) is 5.30. The lowest BCUT2D eigenvalue weighted by molar-refractivity contribution is 0.394. The maximum absolute atomic E-state index is 9.89. The Balaban J connectivity index is 2.19. The molecule has 0 heterocycles. The van der Waals surface area contributed by atoms with E-state index in [0.717, 1.165) is 5.56 Å². The van der Waals surface area contributed by atoms with Gasteiger partial charge in [0.1, 0.15) is 11.5 Å². The Kier molecular flexibility index (Phi) is 3.34. The molecule has 1 fully saturated rings. The highest BCUT2D eigenvalue weighted by Gasteiger charge is 2.25. The molecule has 1 aromatic carbocycles. The molecule has 0 saturated heterocycles. The summed E-state index contributed by atoms with van der Waals surface area (Å²) in [6.45, 7) is 0. The Morgan fingerprint density at radius 2 is 2.06 bits per heavy atom. The molecule has 3 nitrogen and oxygen atoms in total. The summed E-state index contributed by atoms with van der Waals surface area (Å²) in [5.41, 5.74) is 7.03. The lowest BCUT2D eigenvalue weighted by Crippen LogP contribution is -2.19. The van der Waals surface area contributed by atoms with Crippen LogP contribution in [0.4, 0.5) is 0 Å². The van der Waals surface area contributed by atoms with Crippen LogP contribution in [0.1, 0.15) is 37.3 Å². The van der Waals surface area contributed by atoms with Crippen molar-refractivity contribution < 1.29 is 9.84 Å². The van der Waals surface area contributed by atoms with Gasteiger partial charge in [-0.3, -0.25) is 0 Å². The van der Waals surface area contributed by atoms with Crippen LogP contribution in [0.3, 0.4) is 0 Å². The summed E-state index contributed by atoms with van der Waals surface area (Å²) in [5.74, 6) is 1.43. The van der Waals surface area contributed by atoms with Gasteiger partial charge >= 0.3 is 0 Å². The molecule has 1 aromatic rings. The van der Waals surface area contributed by atoms with Crippen LogP contribution >= 0.6 is 0 Å². The van der Waals surface area contributed by atoms with Crippen molar-refractivity contribution in [2.24, 2.45) is 11.7 Å². The van der Waals surface area contributed by atoms with Crippen molar-refractivity contribution in [1.29, 1.82) is 0 Å². The summed E-state index contributed by atoms with van der Waals surface area (Å²) >= 11 is 0. The van der Waals surface area contributed by atoms with Crippen molar-refractivity contribution in [3.63, 3.8) is 0 Å². The van der Waals surface area contributed by atoms with E-state index in [1.807, 2.05) is 12.1 Å². The van der Waals surface area contributed by atoms with Crippen LogP contribution in [-0.2, 0) is 0 Å². The molecular weight excluding hydrogens is 202 g/mol. The number of nitrogens with two attached hydrogens (primary N) is 1. The predicted octanol–water partition coefficient (Wildman–Crippen LogP) is 2.59. The number of benzene rings is 1. The normalized spacial score (nSPS) is 18.6. The second kappa shape index (κ2) is 4.74. The van der Waals surface area contributed by atoms with Crippen LogP contribution < -0.4 is 10.5 Å². The summed E-state index contributed by atoms with van der Waals surface area (Å²) < 4.78 is 5.05. The fourth-order valence-corrected chi connectivity index (χ4v) is 2.50. The second-order valence-electron chi connectivity index (χ2n) is 4.50. The van der Waals surface area contributed by atoms with Crippen LogP contribution in [-0.4, -0.2) is 12.2 Å². The maximum Gasteiger partial charge on any atom is 0.124 e. The van der Waals surface area contributed by atoms with Crippen molar-refractivity contribution in [3.8, 4) is 11.5 Å². The van der Waals surface area contributed by atoms with Crippen LogP contribution in [0.15, 0.2) is 18.2 Å². The minimum absolute atomic E-state index is 0.0478. The van der Waals surface area contributed by atoms with Gasteiger partial charge in [0.05, 0.1) is 7.11 Å². The Hall–Kier alpha value is -1.22. The molecule has 0 spiro atoms. The molecule has 1 atom stereocenters. The van der Waals surface area contributed by atoms with Gasteiger partial charge in [-0.1, -0.05) is 18.9 Å². The van der Waals surface area contributed by atoms with Gasteiger partial charge in [-0.15, -0.1) is 0 Å². The molecule has 3 heteroatoms. The van der Waals surface area contributed by atoms with Crippen molar-refractivity contribution in [2.45, 2.75) is 31.7 Å². The third-order valence-corrected chi connectivity index (χ3v) is 3.50. The average Bonchev–Trinajstić information content (AvgIpc) is 2.81. The minimum atomic E-state index is -0.0478. The highest BCUT2D eigenvalue weighted by atomic mass is 16.5. The Bertz CT molecular complexity index is 359. The molecule has 1 aliphatic carbocycles. The Morgan fingerprint density at radius 1 is 1.38 bits per heavy atom. The van der Waals surface area contributed by atoms with Crippen LogP contribution in [0.5, 0.6) is 11.5 Å². The molecule has 2 rings (SSSR count). The first-order valence-electron chi connectivity index (χ1n) is 5.85. The smallest absolute Gasteiger partial charge is 0.124 e. The molecule has 0 amide bonds.